The molecule has 0 aromatic heterocycles. The molecule has 0 saturated carbocycles. The van der Waals surface area contributed by atoms with Gasteiger partial charge in [-0.1, -0.05) is 0 Å². The van der Waals surface area contributed by atoms with Gasteiger partial charge in [-0.3, -0.25) is 4.79 Å². The van der Waals surface area contributed by atoms with Crippen molar-refractivity contribution < 1.29 is 14.7 Å². The van der Waals surface area contributed by atoms with Crippen LogP contribution in [0.5, 0.6) is 0 Å². The fourth-order valence-corrected chi connectivity index (χ4v) is 0.665. The summed E-state index contributed by atoms with van der Waals surface area (Å²) in [6, 6.07) is 0. The Kier molecular flexibility index (Phi) is 6.37. The summed E-state index contributed by atoms with van der Waals surface area (Å²) in [7, 11) is 1.37. The second-order valence-corrected chi connectivity index (χ2v) is 2.12. The molecule has 0 rings (SSSR count). The molecule has 0 amide bonds. The Hall–Kier alpha value is -1.06. The SMILES string of the molecule is COC(=O)CCCCC=NO. The van der Waals surface area contributed by atoms with Crippen LogP contribution in [0.25, 0.3) is 0 Å². The van der Waals surface area contributed by atoms with Gasteiger partial charge in [0, 0.05) is 12.6 Å². The molecule has 0 atom stereocenters. The average molecular weight is 159 g/mol. The lowest BCUT2D eigenvalue weighted by molar-refractivity contribution is -0.140. The molecule has 0 aromatic carbocycles. The maximum atomic E-state index is 10.5. The second kappa shape index (κ2) is 7.05. The molecule has 4 nitrogen and oxygen atoms in total. The maximum absolute atomic E-state index is 10.5. The number of hydrogen-bond donors (Lipinski definition) is 1. The summed E-state index contributed by atoms with van der Waals surface area (Å²) in [6.45, 7) is 0. The Morgan fingerprint density at radius 1 is 1.64 bits per heavy atom. The third kappa shape index (κ3) is 6.83. The predicted molar refractivity (Wildman–Crippen MR) is 40.8 cm³/mol. The quantitative estimate of drug-likeness (QED) is 0.215. The van der Waals surface area contributed by atoms with Gasteiger partial charge in [0.1, 0.15) is 0 Å². The van der Waals surface area contributed by atoms with Crippen molar-refractivity contribution in [2.75, 3.05) is 7.11 Å². The van der Waals surface area contributed by atoms with Crippen LogP contribution in [-0.2, 0) is 9.53 Å². The number of carbonyl (C=O) groups excluding carboxylic acids is 1. The number of ether oxygens (including phenoxy) is 1. The molecule has 0 aliphatic heterocycles. The number of unbranched alkanes of at least 4 members (excludes halogenated alkanes) is 2. The third-order valence-corrected chi connectivity index (χ3v) is 1.27. The number of methoxy groups -OCH3 is 1. The Morgan fingerprint density at radius 3 is 2.91 bits per heavy atom. The summed E-state index contributed by atoms with van der Waals surface area (Å²) in [5.41, 5.74) is 0. The molecule has 0 radical (unpaired) electrons. The minimum Gasteiger partial charge on any atom is -0.469 e. The summed E-state index contributed by atoms with van der Waals surface area (Å²) < 4.78 is 4.43. The highest BCUT2D eigenvalue weighted by Crippen LogP contribution is 1.98. The van der Waals surface area contributed by atoms with Crippen LogP contribution >= 0.6 is 0 Å². The molecule has 1 N–H and O–H groups in total. The molecule has 0 aliphatic carbocycles. The fraction of sp³-hybridized carbons (Fsp3) is 0.714. The van der Waals surface area contributed by atoms with Crippen LogP contribution in [0.3, 0.4) is 0 Å². The van der Waals surface area contributed by atoms with E-state index in [4.69, 9.17) is 5.21 Å². The molecule has 64 valence electrons. The van der Waals surface area contributed by atoms with Gasteiger partial charge in [0.2, 0.25) is 0 Å². The summed E-state index contributed by atoms with van der Waals surface area (Å²) in [5.74, 6) is -0.189. The Labute approximate surface area is 65.8 Å². The van der Waals surface area contributed by atoms with Crippen molar-refractivity contribution in [3.8, 4) is 0 Å². The van der Waals surface area contributed by atoms with Crippen molar-refractivity contribution in [2.45, 2.75) is 25.7 Å². The largest absolute Gasteiger partial charge is 0.469 e. The van der Waals surface area contributed by atoms with E-state index in [0.717, 1.165) is 12.8 Å². The number of esters is 1. The summed E-state index contributed by atoms with van der Waals surface area (Å²) in [5, 5.41) is 10.8. The average Bonchev–Trinajstić information content (AvgIpc) is 2.04. The topological polar surface area (TPSA) is 58.9 Å². The molecule has 4 heteroatoms. The monoisotopic (exact) mass is 159 g/mol. The molecule has 11 heavy (non-hydrogen) atoms. The summed E-state index contributed by atoms with van der Waals surface area (Å²) in [4.78, 5) is 10.5. The van der Waals surface area contributed by atoms with Gasteiger partial charge in [0.15, 0.2) is 0 Å². The minimum absolute atomic E-state index is 0.189. The molecule has 0 unspecified atom stereocenters. The molecular formula is C7H13NO3. The molecule has 0 aromatic rings. The molecule has 0 bridgehead atoms. The molecule has 0 fully saturated rings. The van der Waals surface area contributed by atoms with Crippen LogP contribution < -0.4 is 0 Å². The van der Waals surface area contributed by atoms with Gasteiger partial charge in [-0.25, -0.2) is 0 Å². The molecule has 0 spiro atoms. The second-order valence-electron chi connectivity index (χ2n) is 2.12. The predicted octanol–water partition coefficient (Wildman–Crippen LogP) is 1.18. The van der Waals surface area contributed by atoms with Crippen LogP contribution in [-0.4, -0.2) is 24.5 Å². The van der Waals surface area contributed by atoms with Crippen LogP contribution in [0.1, 0.15) is 25.7 Å². The zero-order valence-corrected chi connectivity index (χ0v) is 6.62. The highest BCUT2D eigenvalue weighted by molar-refractivity contribution is 5.69. The first-order valence-corrected chi connectivity index (χ1v) is 3.54. The Balaban J connectivity index is 3.08. The first kappa shape index (κ1) is 9.94. The minimum atomic E-state index is -0.189. The van der Waals surface area contributed by atoms with E-state index in [-0.39, 0.29) is 5.97 Å². The van der Waals surface area contributed by atoms with Gasteiger partial charge in [-0.2, -0.15) is 0 Å². The normalized spacial score (nSPS) is 10.3. The fourth-order valence-electron chi connectivity index (χ4n) is 0.665. The molecule has 0 aliphatic rings. The van der Waals surface area contributed by atoms with E-state index in [1.807, 2.05) is 0 Å². The summed E-state index contributed by atoms with van der Waals surface area (Å²) in [6.07, 6.45) is 4.18. The van der Waals surface area contributed by atoms with Crippen LogP contribution in [0, 0.1) is 0 Å². The van der Waals surface area contributed by atoms with Crippen molar-refractivity contribution in [1.29, 1.82) is 0 Å². The highest BCUT2D eigenvalue weighted by atomic mass is 16.5. The van der Waals surface area contributed by atoms with Crippen molar-refractivity contribution in [1.82, 2.24) is 0 Å². The van der Waals surface area contributed by atoms with E-state index in [0.29, 0.717) is 12.8 Å². The van der Waals surface area contributed by atoms with Gasteiger partial charge in [-0.05, 0) is 19.3 Å². The lowest BCUT2D eigenvalue weighted by Crippen LogP contribution is -1.99. The lowest BCUT2D eigenvalue weighted by Gasteiger charge is -1.95. The van der Waals surface area contributed by atoms with Crippen LogP contribution in [0.2, 0.25) is 0 Å². The molecule has 0 saturated heterocycles. The van der Waals surface area contributed by atoms with Crippen LogP contribution in [0.15, 0.2) is 5.16 Å². The zero-order valence-electron chi connectivity index (χ0n) is 6.62. The summed E-state index contributed by atoms with van der Waals surface area (Å²) >= 11 is 0. The van der Waals surface area contributed by atoms with E-state index in [2.05, 4.69) is 9.89 Å². The lowest BCUT2D eigenvalue weighted by atomic mass is 10.2. The highest BCUT2D eigenvalue weighted by Gasteiger charge is 1.97. The molecular weight excluding hydrogens is 146 g/mol. The van der Waals surface area contributed by atoms with E-state index in [1.165, 1.54) is 13.3 Å². The van der Waals surface area contributed by atoms with E-state index in [9.17, 15) is 4.79 Å². The van der Waals surface area contributed by atoms with E-state index < -0.39 is 0 Å². The smallest absolute Gasteiger partial charge is 0.305 e. The van der Waals surface area contributed by atoms with Gasteiger partial charge in [0.25, 0.3) is 0 Å². The van der Waals surface area contributed by atoms with E-state index >= 15 is 0 Å². The van der Waals surface area contributed by atoms with E-state index in [1.54, 1.807) is 0 Å². The van der Waals surface area contributed by atoms with Gasteiger partial charge < -0.3 is 9.94 Å². The van der Waals surface area contributed by atoms with Gasteiger partial charge >= 0.3 is 5.97 Å². The number of carbonyl (C=O) groups is 1. The molecule has 0 heterocycles. The Morgan fingerprint density at radius 2 is 2.36 bits per heavy atom. The number of rotatable bonds is 5. The zero-order chi connectivity index (χ0) is 8.53. The Bertz CT molecular complexity index is 134. The number of oxime groups is 1. The van der Waals surface area contributed by atoms with Crippen molar-refractivity contribution in [2.24, 2.45) is 5.16 Å². The van der Waals surface area contributed by atoms with Crippen molar-refractivity contribution in [3.63, 3.8) is 0 Å². The first-order chi connectivity index (χ1) is 5.31. The van der Waals surface area contributed by atoms with Crippen molar-refractivity contribution >= 4 is 12.2 Å². The third-order valence-electron chi connectivity index (χ3n) is 1.27. The number of nitrogens with zero attached hydrogens (tertiary/aromatic N) is 1. The van der Waals surface area contributed by atoms with Crippen LogP contribution in [0.4, 0.5) is 0 Å². The van der Waals surface area contributed by atoms with Crippen molar-refractivity contribution in [3.05, 3.63) is 0 Å². The number of hydrogen-bond acceptors (Lipinski definition) is 4. The first-order valence-electron chi connectivity index (χ1n) is 3.54. The maximum Gasteiger partial charge on any atom is 0.305 e. The standard InChI is InChI=1S/C7H13NO3/c1-11-7(9)5-3-2-4-6-8-10/h6,10H,2-5H2,1H3. The van der Waals surface area contributed by atoms with Gasteiger partial charge in [0.05, 0.1) is 7.11 Å². The van der Waals surface area contributed by atoms with Gasteiger partial charge in [-0.15, -0.1) is 5.16 Å².